The molecule has 0 unspecified atom stereocenters. The molecule has 2 heteroatoms. The smallest absolute Gasteiger partial charge is 0.222 e. The fourth-order valence-corrected chi connectivity index (χ4v) is 6.17. The van der Waals surface area contributed by atoms with Crippen LogP contribution in [0.1, 0.15) is 33.6 Å². The summed E-state index contributed by atoms with van der Waals surface area (Å²) in [6, 6.07) is 18.3. The summed E-state index contributed by atoms with van der Waals surface area (Å²) in [5, 5.41) is 4.28. The van der Waals surface area contributed by atoms with Gasteiger partial charge in [-0.15, -0.1) is 0 Å². The largest absolute Gasteiger partial charge is 0.295 e. The molecule has 0 atom stereocenters. The van der Waals surface area contributed by atoms with Crippen molar-refractivity contribution < 1.29 is 4.40 Å². The van der Waals surface area contributed by atoms with Gasteiger partial charge in [0.1, 0.15) is 17.8 Å². The highest BCUT2D eigenvalue weighted by atomic mass is 15.2. The summed E-state index contributed by atoms with van der Waals surface area (Å²) in [4.78, 5) is 0. The Bertz CT molecular complexity index is 1530. The molecule has 0 fully saturated rings. The molecule has 0 N–H and O–H groups in total. The lowest BCUT2D eigenvalue weighted by Gasteiger charge is -2.20. The van der Waals surface area contributed by atoms with E-state index >= 15 is 0 Å². The van der Waals surface area contributed by atoms with Crippen LogP contribution in [0.15, 0.2) is 48.5 Å². The van der Waals surface area contributed by atoms with Crippen LogP contribution < -0.4 is 4.40 Å². The van der Waals surface area contributed by atoms with Crippen LogP contribution in [-0.4, -0.2) is 4.57 Å². The first-order chi connectivity index (χ1) is 14.1. The van der Waals surface area contributed by atoms with E-state index < -0.39 is 0 Å². The van der Waals surface area contributed by atoms with Crippen LogP contribution in [0.25, 0.3) is 38.4 Å². The molecule has 2 aliphatic rings. The van der Waals surface area contributed by atoms with Gasteiger partial charge in [-0.2, -0.15) is 4.40 Å². The summed E-state index contributed by atoms with van der Waals surface area (Å²) < 4.78 is 5.16. The number of nitrogens with zero attached hydrogens (tertiary/aromatic N) is 2. The molecule has 7 rings (SSSR count). The fraction of sp³-hybridized carbons (Fsp3) is 0.222. The Hall–Kier alpha value is -3.13. The summed E-state index contributed by atoms with van der Waals surface area (Å²) in [7, 11) is 0. The number of aryl methyl sites for hydroxylation is 4. The molecule has 2 aromatic heterocycles. The minimum absolute atomic E-state index is 1.01. The Kier molecular flexibility index (Phi) is 2.75. The van der Waals surface area contributed by atoms with Gasteiger partial charge in [0.05, 0.1) is 5.39 Å². The fourth-order valence-electron chi connectivity index (χ4n) is 6.17. The van der Waals surface area contributed by atoms with Crippen molar-refractivity contribution in [3.63, 3.8) is 0 Å². The van der Waals surface area contributed by atoms with Crippen molar-refractivity contribution in [2.24, 2.45) is 0 Å². The van der Waals surface area contributed by atoms with Crippen molar-refractivity contribution in [3.8, 4) is 11.1 Å². The molecule has 4 heterocycles. The Labute approximate surface area is 170 Å². The van der Waals surface area contributed by atoms with Gasteiger partial charge in [0.15, 0.2) is 5.69 Å². The number of hydrogen-bond donors (Lipinski definition) is 0. The molecule has 5 aromatic rings. The summed E-state index contributed by atoms with van der Waals surface area (Å²) in [6.45, 7) is 7.82. The van der Waals surface area contributed by atoms with E-state index in [0.717, 1.165) is 19.4 Å². The number of rotatable bonds is 1. The number of benzene rings is 3. The maximum Gasteiger partial charge on any atom is 0.295 e. The molecule has 0 saturated heterocycles. The molecule has 3 aromatic carbocycles. The van der Waals surface area contributed by atoms with E-state index in [9.17, 15) is 0 Å². The van der Waals surface area contributed by atoms with Crippen molar-refractivity contribution in [2.75, 3.05) is 0 Å². The lowest BCUT2D eigenvalue weighted by molar-refractivity contribution is -0.491. The lowest BCUT2D eigenvalue weighted by atomic mass is 9.86. The minimum Gasteiger partial charge on any atom is -0.222 e. The highest BCUT2D eigenvalue weighted by Crippen LogP contribution is 2.41. The van der Waals surface area contributed by atoms with Crippen LogP contribution >= 0.6 is 0 Å². The summed E-state index contributed by atoms with van der Waals surface area (Å²) >= 11 is 0. The maximum absolute atomic E-state index is 2.61. The van der Waals surface area contributed by atoms with Gasteiger partial charge in [-0.25, -0.2) is 4.57 Å². The molecular weight excluding hydrogens is 352 g/mol. The van der Waals surface area contributed by atoms with E-state index in [1.165, 1.54) is 72.1 Å². The first-order valence-electron chi connectivity index (χ1n) is 10.6. The van der Waals surface area contributed by atoms with Gasteiger partial charge in [-0.1, -0.05) is 42.5 Å². The van der Waals surface area contributed by atoms with Gasteiger partial charge in [-0.3, -0.25) is 0 Å². The molecule has 0 saturated carbocycles. The normalized spacial score (nSPS) is 14.3. The SMILES string of the molecule is Cc1cccc(C)c1-c1ccc2c3cccc4c3c3n(c(C)c5[n+]3c2c1CC5)C4. The van der Waals surface area contributed by atoms with E-state index in [-0.39, 0.29) is 0 Å². The van der Waals surface area contributed by atoms with Gasteiger partial charge < -0.3 is 0 Å². The topological polar surface area (TPSA) is 9.03 Å². The first-order valence-corrected chi connectivity index (χ1v) is 10.6. The quantitative estimate of drug-likeness (QED) is 0.262. The lowest BCUT2D eigenvalue weighted by Crippen LogP contribution is -2.31. The third kappa shape index (κ3) is 1.72. The van der Waals surface area contributed by atoms with Crippen LogP contribution in [0.4, 0.5) is 0 Å². The molecule has 0 spiro atoms. The maximum atomic E-state index is 2.61. The molecule has 0 aliphatic carbocycles. The molecular formula is C27H23N2+. The monoisotopic (exact) mass is 375 g/mol. The van der Waals surface area contributed by atoms with Crippen LogP contribution in [-0.2, 0) is 19.4 Å². The standard InChI is InChI=1S/C27H23N2/c1-15-6-4-7-16(2)24(15)20-10-11-21-19-9-5-8-18-14-28-17(3)23-13-12-22(20)26(21)29(23)27(28)25(18)19/h4-11H,12-14H2,1-3H3/q+1. The second kappa shape index (κ2) is 5.07. The second-order valence-corrected chi connectivity index (χ2v) is 8.87. The van der Waals surface area contributed by atoms with E-state index in [1.54, 1.807) is 0 Å². The Balaban J connectivity index is 1.76. The number of hydrogen-bond acceptors (Lipinski definition) is 0. The third-order valence-corrected chi connectivity index (χ3v) is 7.42. The molecule has 0 bridgehead atoms. The average Bonchev–Trinajstić information content (AvgIpc) is 3.24. The van der Waals surface area contributed by atoms with Crippen molar-refractivity contribution in [1.82, 2.24) is 4.57 Å². The van der Waals surface area contributed by atoms with E-state index in [0.29, 0.717) is 0 Å². The average molecular weight is 375 g/mol. The van der Waals surface area contributed by atoms with Gasteiger partial charge >= 0.3 is 0 Å². The zero-order valence-corrected chi connectivity index (χ0v) is 17.1. The van der Waals surface area contributed by atoms with Crippen molar-refractivity contribution in [2.45, 2.75) is 40.2 Å². The highest BCUT2D eigenvalue weighted by molar-refractivity contribution is 6.13. The summed E-state index contributed by atoms with van der Waals surface area (Å²) in [5.41, 5.74) is 14.4. The van der Waals surface area contributed by atoms with Crippen LogP contribution in [0.5, 0.6) is 0 Å². The number of aromatic nitrogens is 2. The van der Waals surface area contributed by atoms with E-state index in [4.69, 9.17) is 0 Å². The van der Waals surface area contributed by atoms with Gasteiger partial charge in [0.2, 0.25) is 0 Å². The second-order valence-electron chi connectivity index (χ2n) is 8.87. The molecule has 140 valence electrons. The Morgan fingerprint density at radius 3 is 2.45 bits per heavy atom. The molecule has 2 aliphatic heterocycles. The van der Waals surface area contributed by atoms with Gasteiger partial charge in [0.25, 0.3) is 5.65 Å². The molecule has 29 heavy (non-hydrogen) atoms. The van der Waals surface area contributed by atoms with Crippen molar-refractivity contribution in [1.29, 1.82) is 0 Å². The predicted octanol–water partition coefficient (Wildman–Crippen LogP) is 5.59. The number of pyridine rings is 1. The van der Waals surface area contributed by atoms with Crippen LogP contribution in [0.2, 0.25) is 0 Å². The van der Waals surface area contributed by atoms with Crippen LogP contribution in [0, 0.1) is 20.8 Å². The van der Waals surface area contributed by atoms with Crippen LogP contribution in [0.3, 0.4) is 0 Å². The predicted molar refractivity (Wildman–Crippen MR) is 119 cm³/mol. The van der Waals surface area contributed by atoms with E-state index in [2.05, 4.69) is 78.3 Å². The molecule has 0 radical (unpaired) electrons. The van der Waals surface area contributed by atoms with E-state index in [1.807, 2.05) is 0 Å². The summed E-state index contributed by atoms with van der Waals surface area (Å²) in [5.74, 6) is 0. The number of imidazole rings is 1. The van der Waals surface area contributed by atoms with Gasteiger partial charge in [-0.05, 0) is 48.6 Å². The summed E-state index contributed by atoms with van der Waals surface area (Å²) in [6.07, 6.45) is 2.24. The first kappa shape index (κ1) is 15.8. The van der Waals surface area contributed by atoms with Gasteiger partial charge in [0, 0.05) is 35.2 Å². The van der Waals surface area contributed by atoms with Crippen molar-refractivity contribution in [3.05, 3.63) is 82.2 Å². The Morgan fingerprint density at radius 1 is 0.828 bits per heavy atom. The number of fused-ring (bicyclic) bond motifs is 1. The molecule has 2 nitrogen and oxygen atoms in total. The Morgan fingerprint density at radius 2 is 1.62 bits per heavy atom. The van der Waals surface area contributed by atoms with Crippen molar-refractivity contribution >= 4 is 27.3 Å². The minimum atomic E-state index is 1.01. The third-order valence-electron chi connectivity index (χ3n) is 7.42. The molecule has 0 amide bonds. The zero-order chi connectivity index (χ0) is 19.4. The highest BCUT2D eigenvalue weighted by Gasteiger charge is 2.36. The zero-order valence-electron chi connectivity index (χ0n) is 17.1.